The highest BCUT2D eigenvalue weighted by Crippen LogP contribution is 2.20. The molecular formula is C13H9Cl2NO4. The second kappa shape index (κ2) is 5.98. The average Bonchev–Trinajstić information content (AvgIpc) is 2.39. The zero-order valence-electron chi connectivity index (χ0n) is 10.0. The minimum Gasteiger partial charge on any atom is -0.477 e. The van der Waals surface area contributed by atoms with Crippen LogP contribution in [0.15, 0.2) is 41.3 Å². The van der Waals surface area contributed by atoms with Crippen LogP contribution in [0.4, 0.5) is 0 Å². The summed E-state index contributed by atoms with van der Waals surface area (Å²) in [7, 11) is 0. The van der Waals surface area contributed by atoms with E-state index in [-0.39, 0.29) is 12.2 Å². The Morgan fingerprint density at radius 1 is 1.30 bits per heavy atom. The van der Waals surface area contributed by atoms with Crippen LogP contribution in [0.2, 0.25) is 10.0 Å². The number of halogens is 2. The van der Waals surface area contributed by atoms with E-state index in [0.29, 0.717) is 15.6 Å². The molecule has 20 heavy (non-hydrogen) atoms. The lowest BCUT2D eigenvalue weighted by molar-refractivity contribution is 0.0668. The van der Waals surface area contributed by atoms with Crippen LogP contribution in [0.5, 0.6) is 0 Å². The molecule has 0 saturated carbocycles. The summed E-state index contributed by atoms with van der Waals surface area (Å²) in [6, 6.07) is 7.48. The lowest BCUT2D eigenvalue weighted by Crippen LogP contribution is -2.30. The first kappa shape index (κ1) is 14.4. The minimum atomic E-state index is -1.31. The zero-order valence-corrected chi connectivity index (χ0v) is 11.6. The van der Waals surface area contributed by atoms with Crippen molar-refractivity contribution in [2.24, 2.45) is 0 Å². The van der Waals surface area contributed by atoms with Crippen LogP contribution in [0.1, 0.15) is 15.9 Å². The Labute approximate surface area is 123 Å². The number of hydrogen-bond acceptors (Lipinski definition) is 3. The fraction of sp³-hybridized carbons (Fsp3) is 0.0769. The van der Waals surface area contributed by atoms with E-state index in [9.17, 15) is 9.59 Å². The number of rotatable bonds is 4. The predicted molar refractivity (Wildman–Crippen MR) is 74.4 cm³/mol. The van der Waals surface area contributed by atoms with Gasteiger partial charge in [-0.3, -0.25) is 4.79 Å². The van der Waals surface area contributed by atoms with Gasteiger partial charge < -0.3 is 9.94 Å². The molecule has 0 amide bonds. The number of carboxylic acid groups (broad SMARTS) is 1. The van der Waals surface area contributed by atoms with Crippen LogP contribution in [0.25, 0.3) is 0 Å². The van der Waals surface area contributed by atoms with Crippen LogP contribution in [0, 0.1) is 0 Å². The third kappa shape index (κ3) is 3.12. The Morgan fingerprint density at radius 3 is 2.70 bits per heavy atom. The third-order valence-electron chi connectivity index (χ3n) is 2.52. The van der Waals surface area contributed by atoms with Crippen molar-refractivity contribution in [1.82, 2.24) is 4.73 Å². The number of carboxylic acids is 1. The first-order chi connectivity index (χ1) is 9.49. The molecule has 0 atom stereocenters. The second-order valence-corrected chi connectivity index (χ2v) is 4.71. The molecule has 0 bridgehead atoms. The van der Waals surface area contributed by atoms with Gasteiger partial charge in [-0.15, -0.1) is 0 Å². The summed E-state index contributed by atoms with van der Waals surface area (Å²) in [5, 5.41) is 9.74. The van der Waals surface area contributed by atoms with Crippen molar-refractivity contribution in [3.8, 4) is 0 Å². The molecule has 1 aromatic heterocycles. The molecule has 1 aromatic carbocycles. The van der Waals surface area contributed by atoms with E-state index in [0.717, 1.165) is 4.73 Å². The largest absolute Gasteiger partial charge is 0.477 e. The van der Waals surface area contributed by atoms with Gasteiger partial charge in [-0.05, 0) is 24.3 Å². The van der Waals surface area contributed by atoms with Crippen molar-refractivity contribution >= 4 is 29.2 Å². The summed E-state index contributed by atoms with van der Waals surface area (Å²) in [4.78, 5) is 27.9. The molecule has 0 saturated heterocycles. The maximum absolute atomic E-state index is 11.8. The summed E-state index contributed by atoms with van der Waals surface area (Å²) in [6.07, 6.45) is 1.33. The number of carbonyl (C=O) groups is 1. The fourth-order valence-electron chi connectivity index (χ4n) is 1.52. The molecule has 0 spiro atoms. The third-order valence-corrected chi connectivity index (χ3v) is 3.11. The van der Waals surface area contributed by atoms with E-state index in [1.54, 1.807) is 18.2 Å². The molecule has 1 heterocycles. The summed E-state index contributed by atoms with van der Waals surface area (Å²) in [6.45, 7) is 0.0129. The van der Waals surface area contributed by atoms with Crippen molar-refractivity contribution in [2.45, 2.75) is 6.61 Å². The zero-order chi connectivity index (χ0) is 14.7. The number of pyridine rings is 1. The van der Waals surface area contributed by atoms with E-state index in [1.807, 2.05) is 0 Å². The first-order valence-electron chi connectivity index (χ1n) is 5.51. The van der Waals surface area contributed by atoms with Crippen LogP contribution in [-0.2, 0) is 6.61 Å². The lowest BCUT2D eigenvalue weighted by atomic mass is 10.2. The highest BCUT2D eigenvalue weighted by atomic mass is 35.5. The molecule has 0 fully saturated rings. The van der Waals surface area contributed by atoms with Crippen LogP contribution in [0.3, 0.4) is 0 Å². The van der Waals surface area contributed by atoms with Gasteiger partial charge in [-0.2, -0.15) is 4.73 Å². The molecule has 1 N–H and O–H groups in total. The number of hydrogen-bond donors (Lipinski definition) is 1. The molecule has 0 unspecified atom stereocenters. The Morgan fingerprint density at radius 2 is 2.05 bits per heavy atom. The minimum absolute atomic E-state index is 0.0129. The van der Waals surface area contributed by atoms with Crippen LogP contribution >= 0.6 is 23.2 Å². The van der Waals surface area contributed by atoms with Gasteiger partial charge in [0.15, 0.2) is 0 Å². The van der Waals surface area contributed by atoms with Crippen molar-refractivity contribution in [2.75, 3.05) is 0 Å². The van der Waals surface area contributed by atoms with Gasteiger partial charge in [0, 0.05) is 21.8 Å². The molecule has 0 aliphatic rings. The van der Waals surface area contributed by atoms with Crippen molar-refractivity contribution in [3.05, 3.63) is 68.1 Å². The normalized spacial score (nSPS) is 10.3. The van der Waals surface area contributed by atoms with Gasteiger partial charge in [-0.1, -0.05) is 29.3 Å². The van der Waals surface area contributed by atoms with E-state index in [1.165, 1.54) is 18.3 Å². The van der Waals surface area contributed by atoms with E-state index in [4.69, 9.17) is 33.1 Å². The maximum atomic E-state index is 11.8. The monoisotopic (exact) mass is 313 g/mol. The topological polar surface area (TPSA) is 68.5 Å². The molecular weight excluding hydrogens is 305 g/mol. The number of aromatic nitrogens is 1. The molecule has 2 rings (SSSR count). The predicted octanol–water partition coefficient (Wildman–Crippen LogP) is 2.48. The average molecular weight is 314 g/mol. The summed E-state index contributed by atoms with van der Waals surface area (Å²) < 4.78 is 0.856. The van der Waals surface area contributed by atoms with Gasteiger partial charge in [0.05, 0.1) is 0 Å². The van der Waals surface area contributed by atoms with Gasteiger partial charge in [0.1, 0.15) is 12.2 Å². The van der Waals surface area contributed by atoms with Crippen LogP contribution < -0.4 is 10.4 Å². The first-order valence-corrected chi connectivity index (χ1v) is 6.27. The fourth-order valence-corrected chi connectivity index (χ4v) is 1.98. The maximum Gasteiger partial charge on any atom is 0.341 e. The van der Waals surface area contributed by atoms with Gasteiger partial charge >= 0.3 is 5.97 Å². The Balaban J connectivity index is 2.21. The highest BCUT2D eigenvalue weighted by Gasteiger charge is 2.11. The van der Waals surface area contributed by atoms with E-state index >= 15 is 0 Å². The molecule has 2 aromatic rings. The molecule has 0 aliphatic carbocycles. The number of aromatic carboxylic acids is 1. The van der Waals surface area contributed by atoms with E-state index < -0.39 is 11.5 Å². The SMILES string of the molecule is O=C(O)c1cccn(OCc2ccc(Cl)cc2Cl)c1=O. The van der Waals surface area contributed by atoms with Crippen molar-refractivity contribution in [1.29, 1.82) is 0 Å². The van der Waals surface area contributed by atoms with Gasteiger partial charge in [-0.25, -0.2) is 4.79 Å². The highest BCUT2D eigenvalue weighted by molar-refractivity contribution is 6.35. The standard InChI is InChI=1S/C13H9Cl2NO4/c14-9-4-3-8(11(15)6-9)7-20-16-5-1-2-10(12(16)17)13(18)19/h1-6H,7H2,(H,18,19). The Kier molecular flexibility index (Phi) is 4.32. The molecule has 5 nitrogen and oxygen atoms in total. The summed E-state index contributed by atoms with van der Waals surface area (Å²) >= 11 is 11.7. The van der Waals surface area contributed by atoms with E-state index in [2.05, 4.69) is 0 Å². The number of nitrogens with zero attached hydrogens (tertiary/aromatic N) is 1. The molecule has 0 aliphatic heterocycles. The quantitative estimate of drug-likeness (QED) is 0.941. The van der Waals surface area contributed by atoms with Gasteiger partial charge in [0.25, 0.3) is 5.56 Å². The Bertz CT molecular complexity index is 712. The second-order valence-electron chi connectivity index (χ2n) is 3.87. The molecule has 7 heteroatoms. The smallest absolute Gasteiger partial charge is 0.341 e. The number of benzene rings is 1. The molecule has 0 radical (unpaired) electrons. The Hall–Kier alpha value is -1.98. The lowest BCUT2D eigenvalue weighted by Gasteiger charge is -2.10. The molecule has 104 valence electrons. The summed E-state index contributed by atoms with van der Waals surface area (Å²) in [5.41, 5.74) is -0.483. The van der Waals surface area contributed by atoms with Crippen LogP contribution in [-0.4, -0.2) is 15.8 Å². The van der Waals surface area contributed by atoms with Crippen molar-refractivity contribution in [3.63, 3.8) is 0 Å². The van der Waals surface area contributed by atoms with Gasteiger partial charge in [0.2, 0.25) is 0 Å². The van der Waals surface area contributed by atoms with Crippen molar-refractivity contribution < 1.29 is 14.7 Å². The summed E-state index contributed by atoms with van der Waals surface area (Å²) in [5.74, 6) is -1.31.